The van der Waals surface area contributed by atoms with Gasteiger partial charge in [-0.05, 0) is 55.9 Å². The van der Waals surface area contributed by atoms with Crippen molar-refractivity contribution in [3.63, 3.8) is 0 Å². The summed E-state index contributed by atoms with van der Waals surface area (Å²) in [5.74, 6) is -1.68. The molecule has 2 amide bonds. The van der Waals surface area contributed by atoms with Crippen molar-refractivity contribution in [2.24, 2.45) is 0 Å². The molecule has 186 valence electrons. The van der Waals surface area contributed by atoms with Gasteiger partial charge < -0.3 is 24.8 Å². The van der Waals surface area contributed by atoms with Crippen LogP contribution in [0.25, 0.3) is 11.1 Å². The Morgan fingerprint density at radius 1 is 1.03 bits per heavy atom. The molecule has 0 bridgehead atoms. The van der Waals surface area contributed by atoms with Crippen molar-refractivity contribution in [1.82, 2.24) is 10.2 Å². The quantitative estimate of drug-likeness (QED) is 0.566. The highest BCUT2D eigenvalue weighted by atomic mass is 16.5. The van der Waals surface area contributed by atoms with Gasteiger partial charge >= 0.3 is 12.1 Å². The summed E-state index contributed by atoms with van der Waals surface area (Å²) in [6, 6.07) is 14.9. The molecule has 0 aliphatic heterocycles. The van der Waals surface area contributed by atoms with Crippen molar-refractivity contribution in [2.45, 2.75) is 57.2 Å². The van der Waals surface area contributed by atoms with E-state index in [0.717, 1.165) is 35.1 Å². The lowest BCUT2D eigenvalue weighted by molar-refractivity contribution is -0.147. The van der Waals surface area contributed by atoms with Gasteiger partial charge in [-0.2, -0.15) is 0 Å². The molecule has 1 saturated carbocycles. The van der Waals surface area contributed by atoms with Crippen LogP contribution in [0.3, 0.4) is 0 Å². The molecule has 0 saturated heterocycles. The maximum atomic E-state index is 13.2. The number of carboxylic acid groups (broad SMARTS) is 1. The summed E-state index contributed by atoms with van der Waals surface area (Å²) in [5, 5.41) is 11.9. The molecule has 35 heavy (non-hydrogen) atoms. The first kappa shape index (κ1) is 24.7. The van der Waals surface area contributed by atoms with Crippen LogP contribution in [0.2, 0.25) is 0 Å². The zero-order chi connectivity index (χ0) is 25.2. The standard InChI is InChI=1S/C27H32N2O6/c1-27(2,3)35-16-23(25(32)29(14-24(30)31)17-12-13-17)28-26(33)34-15-22-20-10-6-4-8-18(20)19-9-5-7-11-21(19)22/h4-11,17,22-23H,12-16H2,1-3H3,(H,28,33)(H,30,31)/t23-/m0/s1. The van der Waals surface area contributed by atoms with Gasteiger partial charge in [-0.1, -0.05) is 48.5 Å². The lowest BCUT2D eigenvalue weighted by Crippen LogP contribution is -2.53. The Kier molecular flexibility index (Phi) is 7.12. The van der Waals surface area contributed by atoms with E-state index in [1.165, 1.54) is 4.90 Å². The zero-order valence-corrected chi connectivity index (χ0v) is 20.3. The van der Waals surface area contributed by atoms with Gasteiger partial charge in [0.2, 0.25) is 5.91 Å². The van der Waals surface area contributed by atoms with E-state index in [2.05, 4.69) is 17.4 Å². The number of nitrogens with one attached hydrogen (secondary N) is 1. The number of hydrogen-bond donors (Lipinski definition) is 2. The van der Waals surface area contributed by atoms with E-state index in [4.69, 9.17) is 9.47 Å². The van der Waals surface area contributed by atoms with E-state index in [9.17, 15) is 19.5 Å². The molecule has 0 aromatic heterocycles. The van der Waals surface area contributed by atoms with Gasteiger partial charge in [0.1, 0.15) is 19.2 Å². The number of aliphatic carboxylic acids is 1. The van der Waals surface area contributed by atoms with E-state index in [1.807, 2.05) is 57.2 Å². The third kappa shape index (κ3) is 6.00. The molecule has 0 heterocycles. The normalized spacial score (nSPS) is 15.6. The van der Waals surface area contributed by atoms with Crippen molar-refractivity contribution in [3.8, 4) is 11.1 Å². The van der Waals surface area contributed by atoms with Crippen LogP contribution < -0.4 is 5.32 Å². The van der Waals surface area contributed by atoms with Crippen LogP contribution in [0.1, 0.15) is 50.7 Å². The average molecular weight is 481 g/mol. The van der Waals surface area contributed by atoms with E-state index in [0.29, 0.717) is 0 Å². The number of amides is 2. The van der Waals surface area contributed by atoms with Crippen molar-refractivity contribution in [3.05, 3.63) is 59.7 Å². The van der Waals surface area contributed by atoms with Crippen molar-refractivity contribution >= 4 is 18.0 Å². The van der Waals surface area contributed by atoms with Crippen molar-refractivity contribution in [1.29, 1.82) is 0 Å². The first-order valence-corrected chi connectivity index (χ1v) is 11.9. The summed E-state index contributed by atoms with van der Waals surface area (Å²) in [6.45, 7) is 5.15. The minimum absolute atomic E-state index is 0.0879. The summed E-state index contributed by atoms with van der Waals surface area (Å²) in [5.41, 5.74) is 3.88. The first-order chi connectivity index (χ1) is 16.6. The second-order valence-corrected chi connectivity index (χ2v) is 10.0. The molecular formula is C27H32N2O6. The molecule has 2 N–H and O–H groups in total. The van der Waals surface area contributed by atoms with Gasteiger partial charge in [0.05, 0.1) is 12.2 Å². The Hall–Kier alpha value is -3.39. The Bertz CT molecular complexity index is 1060. The smallest absolute Gasteiger partial charge is 0.407 e. The predicted molar refractivity (Wildman–Crippen MR) is 130 cm³/mol. The van der Waals surface area contributed by atoms with Gasteiger partial charge in [0.25, 0.3) is 0 Å². The van der Waals surface area contributed by atoms with Gasteiger partial charge in [-0.3, -0.25) is 9.59 Å². The van der Waals surface area contributed by atoms with Gasteiger partial charge in [-0.15, -0.1) is 0 Å². The second-order valence-electron chi connectivity index (χ2n) is 10.0. The molecule has 0 spiro atoms. The number of hydrogen-bond acceptors (Lipinski definition) is 5. The number of rotatable bonds is 9. The molecular weight excluding hydrogens is 448 g/mol. The number of ether oxygens (including phenoxy) is 2. The first-order valence-electron chi connectivity index (χ1n) is 11.9. The fourth-order valence-corrected chi connectivity index (χ4v) is 4.41. The summed E-state index contributed by atoms with van der Waals surface area (Å²) < 4.78 is 11.4. The number of carbonyl (C=O) groups is 3. The van der Waals surface area contributed by atoms with Crippen molar-refractivity contribution in [2.75, 3.05) is 19.8 Å². The van der Waals surface area contributed by atoms with Crippen LogP contribution in [0, 0.1) is 0 Å². The lowest BCUT2D eigenvalue weighted by Gasteiger charge is -2.29. The molecule has 2 aliphatic rings. The molecule has 2 aliphatic carbocycles. The summed E-state index contributed by atoms with van der Waals surface area (Å²) in [7, 11) is 0. The number of fused-ring (bicyclic) bond motifs is 3. The number of carboxylic acids is 1. The van der Waals surface area contributed by atoms with Crippen LogP contribution in [0.15, 0.2) is 48.5 Å². The molecule has 2 aromatic carbocycles. The predicted octanol–water partition coefficient (Wildman–Crippen LogP) is 3.78. The average Bonchev–Trinajstić information content (AvgIpc) is 3.60. The van der Waals surface area contributed by atoms with E-state index in [1.54, 1.807) is 0 Å². The molecule has 0 unspecified atom stereocenters. The number of alkyl carbamates (subject to hydrolysis) is 1. The summed E-state index contributed by atoms with van der Waals surface area (Å²) in [4.78, 5) is 38.7. The largest absolute Gasteiger partial charge is 0.480 e. The summed E-state index contributed by atoms with van der Waals surface area (Å²) in [6.07, 6.45) is 0.752. The lowest BCUT2D eigenvalue weighted by atomic mass is 9.98. The second kappa shape index (κ2) is 10.1. The van der Waals surface area contributed by atoms with E-state index < -0.39 is 36.2 Å². The highest BCUT2D eigenvalue weighted by Crippen LogP contribution is 2.44. The Morgan fingerprint density at radius 2 is 1.60 bits per heavy atom. The Morgan fingerprint density at radius 3 is 2.11 bits per heavy atom. The van der Waals surface area contributed by atoms with Crippen LogP contribution in [-0.2, 0) is 19.1 Å². The topological polar surface area (TPSA) is 105 Å². The Labute approximate surface area is 205 Å². The number of nitrogens with zero attached hydrogens (tertiary/aromatic N) is 1. The maximum Gasteiger partial charge on any atom is 0.407 e. The van der Waals surface area contributed by atoms with Gasteiger partial charge in [0.15, 0.2) is 0 Å². The third-order valence-electron chi connectivity index (χ3n) is 6.19. The molecule has 1 atom stereocenters. The molecule has 2 aromatic rings. The van der Waals surface area contributed by atoms with Crippen molar-refractivity contribution < 1.29 is 29.0 Å². The van der Waals surface area contributed by atoms with Crippen LogP contribution in [-0.4, -0.2) is 65.4 Å². The Balaban J connectivity index is 1.45. The fraction of sp³-hybridized carbons (Fsp3) is 0.444. The monoisotopic (exact) mass is 480 g/mol. The molecule has 1 fully saturated rings. The maximum absolute atomic E-state index is 13.2. The third-order valence-corrected chi connectivity index (χ3v) is 6.19. The van der Waals surface area contributed by atoms with Gasteiger partial charge in [-0.25, -0.2) is 4.79 Å². The van der Waals surface area contributed by atoms with Crippen LogP contribution >= 0.6 is 0 Å². The SMILES string of the molecule is CC(C)(C)OC[C@H](NC(=O)OCC1c2ccccc2-c2ccccc21)C(=O)N(CC(=O)O)C1CC1. The molecule has 8 nitrogen and oxygen atoms in total. The van der Waals surface area contributed by atoms with E-state index >= 15 is 0 Å². The molecule has 4 rings (SSSR count). The minimum Gasteiger partial charge on any atom is -0.480 e. The fourth-order valence-electron chi connectivity index (χ4n) is 4.41. The van der Waals surface area contributed by atoms with E-state index in [-0.39, 0.29) is 25.2 Å². The van der Waals surface area contributed by atoms with Crippen LogP contribution in [0.4, 0.5) is 4.79 Å². The highest BCUT2D eigenvalue weighted by molar-refractivity contribution is 5.89. The van der Waals surface area contributed by atoms with Gasteiger partial charge in [0, 0.05) is 12.0 Å². The van der Waals surface area contributed by atoms with Crippen LogP contribution in [0.5, 0.6) is 0 Å². The zero-order valence-electron chi connectivity index (χ0n) is 20.3. The number of benzene rings is 2. The minimum atomic E-state index is -1.10. The number of carbonyl (C=O) groups excluding carboxylic acids is 2. The highest BCUT2D eigenvalue weighted by Gasteiger charge is 2.38. The summed E-state index contributed by atoms with van der Waals surface area (Å²) >= 11 is 0. The molecule has 8 heteroatoms. The molecule has 0 radical (unpaired) electrons.